The van der Waals surface area contributed by atoms with Crippen molar-refractivity contribution in [3.05, 3.63) is 105 Å². The van der Waals surface area contributed by atoms with Crippen LogP contribution in [0.5, 0.6) is 0 Å². The molecule has 3 aromatic carbocycles. The van der Waals surface area contributed by atoms with Gasteiger partial charge in [-0.2, -0.15) is 5.10 Å². The molecule has 1 aromatic heterocycles. The fourth-order valence-electron chi connectivity index (χ4n) is 4.03. The van der Waals surface area contributed by atoms with Gasteiger partial charge in [0.15, 0.2) is 5.11 Å². The average molecular weight is 536 g/mol. The third-order valence-electron chi connectivity index (χ3n) is 5.71. The lowest BCUT2D eigenvalue weighted by Crippen LogP contribution is -2.31. The first-order valence-electron chi connectivity index (χ1n) is 10.5. The van der Waals surface area contributed by atoms with Gasteiger partial charge in [-0.05, 0) is 60.6 Å². The first-order chi connectivity index (χ1) is 16.0. The van der Waals surface area contributed by atoms with Gasteiger partial charge >= 0.3 is 0 Å². The van der Waals surface area contributed by atoms with Crippen LogP contribution in [0.25, 0.3) is 10.9 Å². The van der Waals surface area contributed by atoms with E-state index in [-0.39, 0.29) is 6.04 Å². The molecule has 1 atom stereocenters. The second-order valence-corrected chi connectivity index (χ2v) is 9.59. The number of thiocarbonyl (C=S) groups is 1. The van der Waals surface area contributed by atoms with E-state index < -0.39 is 0 Å². The lowest BCUT2D eigenvalue weighted by molar-refractivity contribution is 0.375. The molecule has 2 heterocycles. The summed E-state index contributed by atoms with van der Waals surface area (Å²) in [4.78, 5) is 4.72. The fourth-order valence-corrected chi connectivity index (χ4v) is 4.85. The van der Waals surface area contributed by atoms with Crippen LogP contribution in [0.3, 0.4) is 0 Å². The Morgan fingerprint density at radius 2 is 1.82 bits per heavy atom. The number of hydrogen-bond donors (Lipinski definition) is 1. The largest absolute Gasteiger partial charge is 0.331 e. The summed E-state index contributed by atoms with van der Waals surface area (Å²) in [7, 11) is 0. The molecule has 1 aliphatic heterocycles. The molecule has 1 unspecified atom stereocenters. The summed E-state index contributed by atoms with van der Waals surface area (Å²) in [6.45, 7) is 2.04. The van der Waals surface area contributed by atoms with Crippen molar-refractivity contribution < 1.29 is 0 Å². The molecule has 4 nitrogen and oxygen atoms in total. The maximum atomic E-state index is 6.74. The maximum Gasteiger partial charge on any atom is 0.194 e. The molecule has 0 amide bonds. The number of hydrazone groups is 1. The van der Waals surface area contributed by atoms with Crippen LogP contribution in [0.2, 0.25) is 5.15 Å². The van der Waals surface area contributed by atoms with Crippen molar-refractivity contribution in [3.63, 3.8) is 0 Å². The van der Waals surface area contributed by atoms with Gasteiger partial charge in [0, 0.05) is 27.5 Å². The molecule has 0 fully saturated rings. The number of nitrogens with zero attached hydrogens (tertiary/aromatic N) is 3. The van der Waals surface area contributed by atoms with Crippen LogP contribution in [-0.2, 0) is 0 Å². The van der Waals surface area contributed by atoms with E-state index in [4.69, 9.17) is 33.9 Å². The number of anilines is 1. The van der Waals surface area contributed by atoms with E-state index in [9.17, 15) is 0 Å². The van der Waals surface area contributed by atoms with Crippen LogP contribution in [0, 0.1) is 6.92 Å². The van der Waals surface area contributed by atoms with E-state index in [0.29, 0.717) is 16.7 Å². The Labute approximate surface area is 211 Å². The quantitative estimate of drug-likeness (QED) is 0.218. The first-order valence-corrected chi connectivity index (χ1v) is 12.1. The monoisotopic (exact) mass is 534 g/mol. The highest BCUT2D eigenvalue weighted by molar-refractivity contribution is 9.10. The third-order valence-corrected chi connectivity index (χ3v) is 6.83. The molecule has 33 heavy (non-hydrogen) atoms. The minimum atomic E-state index is -0.169. The number of aryl methyl sites for hydroxylation is 1. The Bertz CT molecular complexity index is 1370. The third kappa shape index (κ3) is 4.51. The van der Waals surface area contributed by atoms with E-state index in [2.05, 4.69) is 45.5 Å². The summed E-state index contributed by atoms with van der Waals surface area (Å²) in [6, 6.07) is 26.1. The smallest absolute Gasteiger partial charge is 0.194 e. The standard InChI is InChI=1S/C26H20BrClN4S/c1-16-6-5-7-18-14-21(25(28)30-24(16)18)23-15-22(17-10-12-19(27)13-11-17)31-32(23)26(33)29-20-8-3-2-4-9-20/h2-14,23H,15H2,1H3,(H,29,33). The number of para-hydroxylation sites is 2. The number of halogens is 2. The zero-order valence-electron chi connectivity index (χ0n) is 17.8. The average Bonchev–Trinajstić information content (AvgIpc) is 3.26. The highest BCUT2D eigenvalue weighted by atomic mass is 79.9. The first kappa shape index (κ1) is 22.0. The van der Waals surface area contributed by atoms with Gasteiger partial charge in [0.1, 0.15) is 5.15 Å². The number of fused-ring (bicyclic) bond motifs is 1. The van der Waals surface area contributed by atoms with Gasteiger partial charge in [0.05, 0.1) is 17.3 Å². The van der Waals surface area contributed by atoms with Crippen LogP contribution in [-0.4, -0.2) is 20.8 Å². The molecule has 1 aliphatic rings. The van der Waals surface area contributed by atoms with E-state index in [1.165, 1.54) is 0 Å². The van der Waals surface area contributed by atoms with Crippen molar-refractivity contribution in [2.45, 2.75) is 19.4 Å². The van der Waals surface area contributed by atoms with E-state index in [1.807, 2.05) is 66.5 Å². The molecular weight excluding hydrogens is 516 g/mol. The van der Waals surface area contributed by atoms with Crippen LogP contribution < -0.4 is 5.32 Å². The molecule has 0 saturated heterocycles. The number of rotatable bonds is 3. The minimum absolute atomic E-state index is 0.169. The summed E-state index contributed by atoms with van der Waals surface area (Å²) in [5.74, 6) is 0. The Morgan fingerprint density at radius 1 is 1.06 bits per heavy atom. The number of hydrogen-bond acceptors (Lipinski definition) is 3. The second-order valence-electron chi connectivity index (χ2n) is 7.93. The van der Waals surface area contributed by atoms with Crippen LogP contribution in [0.15, 0.2) is 88.4 Å². The normalized spacial score (nSPS) is 15.5. The summed E-state index contributed by atoms with van der Waals surface area (Å²) < 4.78 is 1.02. The van der Waals surface area contributed by atoms with Crippen molar-refractivity contribution in [2.75, 3.05) is 5.32 Å². The van der Waals surface area contributed by atoms with Crippen molar-refractivity contribution in [3.8, 4) is 0 Å². The molecule has 164 valence electrons. The van der Waals surface area contributed by atoms with Crippen molar-refractivity contribution in [1.29, 1.82) is 0 Å². The Kier molecular flexibility index (Phi) is 6.15. The second kappa shape index (κ2) is 9.21. The van der Waals surface area contributed by atoms with Crippen LogP contribution >= 0.6 is 39.7 Å². The van der Waals surface area contributed by atoms with Gasteiger partial charge in [-0.3, -0.25) is 0 Å². The lowest BCUT2D eigenvalue weighted by Gasteiger charge is -2.25. The molecule has 7 heteroatoms. The predicted octanol–water partition coefficient (Wildman–Crippen LogP) is 7.51. The Balaban J connectivity index is 1.56. The molecule has 5 rings (SSSR count). The zero-order valence-corrected chi connectivity index (χ0v) is 21.0. The van der Waals surface area contributed by atoms with Gasteiger partial charge in [0.2, 0.25) is 0 Å². The summed E-state index contributed by atoms with van der Waals surface area (Å²) in [5.41, 5.74) is 5.82. The molecule has 0 radical (unpaired) electrons. The van der Waals surface area contributed by atoms with Gasteiger partial charge < -0.3 is 5.32 Å². The number of benzene rings is 3. The van der Waals surface area contributed by atoms with Gasteiger partial charge in [-0.25, -0.2) is 9.99 Å². The molecule has 0 saturated carbocycles. The van der Waals surface area contributed by atoms with E-state index in [1.54, 1.807) is 0 Å². The summed E-state index contributed by atoms with van der Waals surface area (Å²) >= 11 is 16.0. The number of pyridine rings is 1. The van der Waals surface area contributed by atoms with E-state index in [0.717, 1.165) is 43.5 Å². The van der Waals surface area contributed by atoms with Gasteiger partial charge in [0.25, 0.3) is 0 Å². The van der Waals surface area contributed by atoms with Gasteiger partial charge in [-0.15, -0.1) is 0 Å². The van der Waals surface area contributed by atoms with Crippen molar-refractivity contribution >= 4 is 67.2 Å². The lowest BCUT2D eigenvalue weighted by atomic mass is 9.98. The fraction of sp³-hybridized carbons (Fsp3) is 0.115. The molecule has 0 spiro atoms. The van der Waals surface area contributed by atoms with Crippen molar-refractivity contribution in [1.82, 2.24) is 9.99 Å². The summed E-state index contributed by atoms with van der Waals surface area (Å²) in [5, 5.41) is 12.1. The number of aromatic nitrogens is 1. The Morgan fingerprint density at radius 3 is 2.58 bits per heavy atom. The SMILES string of the molecule is Cc1cccc2cc(C3CC(c4ccc(Br)cc4)=NN3C(=S)Nc3ccccc3)c(Cl)nc12. The molecular formula is C26H20BrClN4S. The Hall–Kier alpha value is -2.80. The predicted molar refractivity (Wildman–Crippen MR) is 144 cm³/mol. The van der Waals surface area contributed by atoms with Gasteiger partial charge in [-0.1, -0.05) is 76.1 Å². The van der Waals surface area contributed by atoms with Crippen LogP contribution in [0.4, 0.5) is 5.69 Å². The molecule has 1 N–H and O–H groups in total. The van der Waals surface area contributed by atoms with Crippen molar-refractivity contribution in [2.24, 2.45) is 5.10 Å². The molecule has 0 bridgehead atoms. The highest BCUT2D eigenvalue weighted by Crippen LogP contribution is 2.38. The summed E-state index contributed by atoms with van der Waals surface area (Å²) in [6.07, 6.45) is 0.664. The van der Waals surface area contributed by atoms with E-state index >= 15 is 0 Å². The zero-order chi connectivity index (χ0) is 22.9. The number of nitrogens with one attached hydrogen (secondary N) is 1. The van der Waals surface area contributed by atoms with Crippen LogP contribution in [0.1, 0.15) is 29.2 Å². The highest BCUT2D eigenvalue weighted by Gasteiger charge is 2.33. The topological polar surface area (TPSA) is 40.5 Å². The molecule has 0 aliphatic carbocycles. The maximum absolute atomic E-state index is 6.74. The molecule has 4 aromatic rings. The minimum Gasteiger partial charge on any atom is -0.331 e.